The van der Waals surface area contributed by atoms with Crippen molar-refractivity contribution in [1.82, 2.24) is 0 Å². The number of carbonyl (C=O) groups excluding carboxylic acids is 1. The van der Waals surface area contributed by atoms with Crippen LogP contribution in [0.25, 0.3) is 6.08 Å². The first kappa shape index (κ1) is 9.20. The molecule has 0 aromatic heterocycles. The summed E-state index contributed by atoms with van der Waals surface area (Å²) in [5, 5.41) is 0. The number of hydrogen-bond donors (Lipinski definition) is 0. The molecule has 0 aliphatic heterocycles. The van der Waals surface area contributed by atoms with Crippen LogP contribution < -0.4 is 0 Å². The van der Waals surface area contributed by atoms with Gasteiger partial charge in [-0.2, -0.15) is 0 Å². The Morgan fingerprint density at radius 2 is 2.07 bits per heavy atom. The lowest BCUT2D eigenvalue weighted by Gasteiger charge is -2.00. The van der Waals surface area contributed by atoms with Crippen molar-refractivity contribution in [3.05, 3.63) is 41.0 Å². The SMILES string of the molecule is Cc1ccccc1/C=C(\C=O)C1CC1. The monoisotopic (exact) mass is 186 g/mol. The van der Waals surface area contributed by atoms with Gasteiger partial charge in [-0.15, -0.1) is 0 Å². The summed E-state index contributed by atoms with van der Waals surface area (Å²) in [5.41, 5.74) is 3.35. The number of hydrogen-bond acceptors (Lipinski definition) is 1. The van der Waals surface area contributed by atoms with Gasteiger partial charge in [-0.3, -0.25) is 4.79 Å². The number of allylic oxidation sites excluding steroid dienone is 1. The minimum atomic E-state index is 0.534. The Hall–Kier alpha value is -1.37. The van der Waals surface area contributed by atoms with Crippen molar-refractivity contribution in [3.63, 3.8) is 0 Å². The maximum absolute atomic E-state index is 10.8. The number of benzene rings is 1. The molecule has 1 aliphatic carbocycles. The normalized spacial score (nSPS) is 16.8. The molecule has 1 saturated carbocycles. The van der Waals surface area contributed by atoms with E-state index in [0.29, 0.717) is 5.92 Å². The molecule has 2 rings (SSSR count). The van der Waals surface area contributed by atoms with Crippen molar-refractivity contribution < 1.29 is 4.79 Å². The van der Waals surface area contributed by atoms with Crippen LogP contribution in [-0.2, 0) is 4.79 Å². The topological polar surface area (TPSA) is 17.1 Å². The van der Waals surface area contributed by atoms with Gasteiger partial charge >= 0.3 is 0 Å². The highest BCUT2D eigenvalue weighted by Crippen LogP contribution is 2.36. The number of carbonyl (C=O) groups is 1. The van der Waals surface area contributed by atoms with Gasteiger partial charge in [-0.05, 0) is 48.5 Å². The number of aldehydes is 1. The Morgan fingerprint density at radius 3 is 2.64 bits per heavy atom. The van der Waals surface area contributed by atoms with Crippen LogP contribution in [0.5, 0.6) is 0 Å². The maximum atomic E-state index is 10.8. The van der Waals surface area contributed by atoms with E-state index in [1.54, 1.807) is 0 Å². The molecular weight excluding hydrogens is 172 g/mol. The Bertz CT molecular complexity index is 373. The standard InChI is InChI=1S/C13H14O/c1-10-4-2-3-5-12(10)8-13(9-14)11-6-7-11/h2-5,8-9,11H,6-7H2,1H3/b13-8+. The molecule has 0 heterocycles. The summed E-state index contributed by atoms with van der Waals surface area (Å²) >= 11 is 0. The van der Waals surface area contributed by atoms with E-state index >= 15 is 0 Å². The van der Waals surface area contributed by atoms with E-state index in [1.165, 1.54) is 24.0 Å². The third kappa shape index (κ3) is 1.92. The van der Waals surface area contributed by atoms with Gasteiger partial charge in [-0.25, -0.2) is 0 Å². The fraction of sp³-hybridized carbons (Fsp3) is 0.308. The Kier molecular flexibility index (Phi) is 2.49. The summed E-state index contributed by atoms with van der Waals surface area (Å²) in [5.74, 6) is 0.534. The molecule has 0 bridgehead atoms. The average Bonchev–Trinajstić information content (AvgIpc) is 3.00. The fourth-order valence-corrected chi connectivity index (χ4v) is 1.59. The highest BCUT2D eigenvalue weighted by molar-refractivity contribution is 5.83. The quantitative estimate of drug-likeness (QED) is 0.524. The molecule has 0 unspecified atom stereocenters. The molecule has 72 valence electrons. The van der Waals surface area contributed by atoms with Crippen LogP contribution >= 0.6 is 0 Å². The third-order valence-electron chi connectivity index (χ3n) is 2.70. The van der Waals surface area contributed by atoms with Crippen LogP contribution in [0.4, 0.5) is 0 Å². The summed E-state index contributed by atoms with van der Waals surface area (Å²) in [7, 11) is 0. The lowest BCUT2D eigenvalue weighted by atomic mass is 10.0. The van der Waals surface area contributed by atoms with E-state index in [1.807, 2.05) is 18.2 Å². The second kappa shape index (κ2) is 3.79. The van der Waals surface area contributed by atoms with E-state index in [0.717, 1.165) is 11.9 Å². The summed E-state index contributed by atoms with van der Waals surface area (Å²) in [4.78, 5) is 10.8. The summed E-state index contributed by atoms with van der Waals surface area (Å²) in [6.45, 7) is 2.07. The van der Waals surface area contributed by atoms with E-state index in [9.17, 15) is 4.79 Å². The molecule has 0 radical (unpaired) electrons. The van der Waals surface area contributed by atoms with Crippen LogP contribution in [0.1, 0.15) is 24.0 Å². The lowest BCUT2D eigenvalue weighted by molar-refractivity contribution is -0.105. The van der Waals surface area contributed by atoms with Crippen LogP contribution in [0.15, 0.2) is 29.8 Å². The van der Waals surface area contributed by atoms with E-state index in [2.05, 4.69) is 19.1 Å². The predicted molar refractivity (Wildman–Crippen MR) is 57.9 cm³/mol. The highest BCUT2D eigenvalue weighted by atomic mass is 16.1. The summed E-state index contributed by atoms with van der Waals surface area (Å²) in [6, 6.07) is 8.15. The first-order valence-corrected chi connectivity index (χ1v) is 5.03. The van der Waals surface area contributed by atoms with Crippen molar-refractivity contribution in [2.24, 2.45) is 5.92 Å². The molecular formula is C13H14O. The maximum Gasteiger partial charge on any atom is 0.146 e. The molecule has 1 aromatic rings. The largest absolute Gasteiger partial charge is 0.298 e. The number of aryl methyl sites for hydroxylation is 1. The Labute approximate surface area is 84.5 Å². The van der Waals surface area contributed by atoms with Crippen LogP contribution in [-0.4, -0.2) is 6.29 Å². The van der Waals surface area contributed by atoms with Crippen LogP contribution in [0, 0.1) is 12.8 Å². The predicted octanol–water partition coefficient (Wildman–Crippen LogP) is 2.99. The molecule has 1 fully saturated rings. The number of rotatable bonds is 3. The molecule has 0 N–H and O–H groups in total. The van der Waals surface area contributed by atoms with Crippen molar-refractivity contribution >= 4 is 12.4 Å². The van der Waals surface area contributed by atoms with Gasteiger partial charge in [0.15, 0.2) is 0 Å². The molecule has 1 aliphatic rings. The van der Waals surface area contributed by atoms with Gasteiger partial charge in [0.1, 0.15) is 6.29 Å². The zero-order valence-corrected chi connectivity index (χ0v) is 8.36. The fourth-order valence-electron chi connectivity index (χ4n) is 1.59. The second-order valence-corrected chi connectivity index (χ2v) is 3.89. The van der Waals surface area contributed by atoms with Crippen molar-refractivity contribution in [2.75, 3.05) is 0 Å². The van der Waals surface area contributed by atoms with Crippen molar-refractivity contribution in [2.45, 2.75) is 19.8 Å². The second-order valence-electron chi connectivity index (χ2n) is 3.89. The molecule has 0 amide bonds. The molecule has 1 heteroatoms. The summed E-state index contributed by atoms with van der Waals surface area (Å²) < 4.78 is 0. The smallest absolute Gasteiger partial charge is 0.146 e. The van der Waals surface area contributed by atoms with E-state index < -0.39 is 0 Å². The van der Waals surface area contributed by atoms with Gasteiger partial charge in [0.25, 0.3) is 0 Å². The average molecular weight is 186 g/mol. The molecule has 0 saturated heterocycles. The zero-order valence-electron chi connectivity index (χ0n) is 8.36. The Balaban J connectivity index is 2.30. The molecule has 14 heavy (non-hydrogen) atoms. The minimum Gasteiger partial charge on any atom is -0.298 e. The minimum absolute atomic E-state index is 0.534. The zero-order chi connectivity index (χ0) is 9.97. The van der Waals surface area contributed by atoms with Gasteiger partial charge in [0.05, 0.1) is 0 Å². The van der Waals surface area contributed by atoms with E-state index in [-0.39, 0.29) is 0 Å². The Morgan fingerprint density at radius 1 is 1.36 bits per heavy atom. The lowest BCUT2D eigenvalue weighted by Crippen LogP contribution is -1.88. The van der Waals surface area contributed by atoms with E-state index in [4.69, 9.17) is 0 Å². The van der Waals surface area contributed by atoms with Gasteiger partial charge < -0.3 is 0 Å². The highest BCUT2D eigenvalue weighted by Gasteiger charge is 2.25. The first-order chi connectivity index (χ1) is 6.81. The van der Waals surface area contributed by atoms with Gasteiger partial charge in [0.2, 0.25) is 0 Å². The van der Waals surface area contributed by atoms with Crippen molar-refractivity contribution in [1.29, 1.82) is 0 Å². The van der Waals surface area contributed by atoms with Crippen LogP contribution in [0.3, 0.4) is 0 Å². The molecule has 1 aromatic carbocycles. The van der Waals surface area contributed by atoms with Crippen LogP contribution in [0.2, 0.25) is 0 Å². The summed E-state index contributed by atoms with van der Waals surface area (Å²) in [6.07, 6.45) is 5.39. The molecule has 1 nitrogen and oxygen atoms in total. The molecule has 0 atom stereocenters. The van der Waals surface area contributed by atoms with Gasteiger partial charge in [0, 0.05) is 0 Å². The van der Waals surface area contributed by atoms with Gasteiger partial charge in [-0.1, -0.05) is 24.3 Å². The van der Waals surface area contributed by atoms with Crippen molar-refractivity contribution in [3.8, 4) is 0 Å². The third-order valence-corrected chi connectivity index (χ3v) is 2.70. The first-order valence-electron chi connectivity index (χ1n) is 5.03. The molecule has 0 spiro atoms.